The summed E-state index contributed by atoms with van der Waals surface area (Å²) in [5.74, 6) is -1.83. The van der Waals surface area contributed by atoms with E-state index in [-0.39, 0.29) is 29.3 Å². The molecule has 1 aromatic carbocycles. The zero-order chi connectivity index (χ0) is 27.3. The van der Waals surface area contributed by atoms with Crippen LogP contribution in [0, 0.1) is 5.41 Å². The molecule has 0 radical (unpaired) electrons. The van der Waals surface area contributed by atoms with Gasteiger partial charge in [0.15, 0.2) is 0 Å². The van der Waals surface area contributed by atoms with Crippen LogP contribution in [-0.2, 0) is 26.2 Å². The van der Waals surface area contributed by atoms with Crippen LogP contribution in [0.2, 0.25) is 0 Å². The molecule has 0 aliphatic carbocycles. The highest BCUT2D eigenvalue weighted by molar-refractivity contribution is 7.89. The van der Waals surface area contributed by atoms with Crippen LogP contribution in [0.1, 0.15) is 18.6 Å². The number of carboxylic acids is 1. The normalized spacial score (nSPS) is 19.4. The topological polar surface area (TPSA) is 129 Å². The maximum Gasteiger partial charge on any atom is 0.490 e. The third-order valence-electron chi connectivity index (χ3n) is 6.23. The number of rotatable bonds is 4. The molecular weight excluding hydrogens is 519 g/mol. The van der Waals surface area contributed by atoms with Crippen molar-refractivity contribution in [3.05, 3.63) is 48.4 Å². The van der Waals surface area contributed by atoms with Crippen LogP contribution >= 0.6 is 0 Å². The molecule has 204 valence electrons. The number of sulfonamides is 1. The third kappa shape index (κ3) is 7.23. The van der Waals surface area contributed by atoms with Gasteiger partial charge in [-0.3, -0.25) is 9.69 Å². The second kappa shape index (κ2) is 11.5. The molecule has 1 fully saturated rings. The second-order valence-corrected chi connectivity index (χ2v) is 10.7. The van der Waals surface area contributed by atoms with Crippen LogP contribution in [-0.4, -0.2) is 80.6 Å². The lowest BCUT2D eigenvalue weighted by Crippen LogP contribution is -2.53. The number of carbonyl (C=O) groups is 2. The zero-order valence-electron chi connectivity index (χ0n) is 20.0. The summed E-state index contributed by atoms with van der Waals surface area (Å²) in [7, 11) is -2.35. The third-order valence-corrected chi connectivity index (χ3v) is 8.06. The summed E-state index contributed by atoms with van der Waals surface area (Å²) in [6.07, 6.45) is -1.87. The number of hydrogen-bond donors (Lipinski definition) is 2. The number of halogens is 3. The van der Waals surface area contributed by atoms with Gasteiger partial charge < -0.3 is 19.6 Å². The van der Waals surface area contributed by atoms with Crippen molar-refractivity contribution in [2.24, 2.45) is 5.41 Å². The van der Waals surface area contributed by atoms with Crippen LogP contribution < -0.4 is 10.1 Å². The predicted molar refractivity (Wildman–Crippen MR) is 124 cm³/mol. The van der Waals surface area contributed by atoms with Gasteiger partial charge in [-0.05, 0) is 50.2 Å². The predicted octanol–water partition coefficient (Wildman–Crippen LogP) is 2.32. The smallest absolute Gasteiger partial charge is 0.490 e. The van der Waals surface area contributed by atoms with E-state index in [1.54, 1.807) is 24.5 Å². The van der Waals surface area contributed by atoms with E-state index in [9.17, 15) is 26.4 Å². The van der Waals surface area contributed by atoms with Crippen molar-refractivity contribution in [2.75, 3.05) is 39.8 Å². The van der Waals surface area contributed by atoms with Gasteiger partial charge in [-0.15, -0.1) is 0 Å². The molecule has 1 aromatic heterocycles. The van der Waals surface area contributed by atoms with Crippen molar-refractivity contribution in [3.8, 4) is 5.75 Å². The van der Waals surface area contributed by atoms with E-state index in [1.807, 2.05) is 12.1 Å². The Morgan fingerprint density at radius 2 is 1.78 bits per heavy atom. The van der Waals surface area contributed by atoms with Crippen LogP contribution in [0.4, 0.5) is 13.2 Å². The summed E-state index contributed by atoms with van der Waals surface area (Å²) >= 11 is 0. The molecule has 2 aliphatic heterocycles. The van der Waals surface area contributed by atoms with Crippen molar-refractivity contribution in [1.82, 2.24) is 14.5 Å². The van der Waals surface area contributed by atoms with E-state index >= 15 is 0 Å². The number of carboxylic acid groups (broad SMARTS) is 1. The van der Waals surface area contributed by atoms with Gasteiger partial charge in [0.05, 0.1) is 26.0 Å². The number of amides is 1. The van der Waals surface area contributed by atoms with E-state index in [4.69, 9.17) is 19.1 Å². The maximum atomic E-state index is 13.4. The molecule has 2 aromatic rings. The van der Waals surface area contributed by atoms with Gasteiger partial charge in [0.25, 0.3) is 0 Å². The molecule has 0 atom stereocenters. The minimum Gasteiger partial charge on any atom is -0.492 e. The molecule has 14 heteroatoms. The molecular formula is C23H28F3N3O7S. The molecule has 2 N–H and O–H groups in total. The number of hydrogen-bond acceptors (Lipinski definition) is 7. The number of para-hydroxylation sites is 1. The van der Waals surface area contributed by atoms with Crippen LogP contribution in [0.3, 0.4) is 0 Å². The SMILES string of the molecule is CNC(=O)CN1CC2(CCN(Cc3ccco3)CC2)COc2ccccc2S1(=O)=O.O=C(O)C(F)(F)F. The van der Waals surface area contributed by atoms with Gasteiger partial charge in [0, 0.05) is 19.0 Å². The van der Waals surface area contributed by atoms with E-state index < -0.39 is 22.2 Å². The van der Waals surface area contributed by atoms with Gasteiger partial charge in [0.2, 0.25) is 15.9 Å². The Bertz CT molecular complexity index is 1180. The van der Waals surface area contributed by atoms with Gasteiger partial charge >= 0.3 is 12.1 Å². The van der Waals surface area contributed by atoms with E-state index in [0.717, 1.165) is 38.2 Å². The van der Waals surface area contributed by atoms with Crippen LogP contribution in [0.5, 0.6) is 5.75 Å². The average molecular weight is 548 g/mol. The van der Waals surface area contributed by atoms with Gasteiger partial charge in [0.1, 0.15) is 16.4 Å². The Kier molecular flexibility index (Phi) is 8.87. The highest BCUT2D eigenvalue weighted by atomic mass is 32.2. The fourth-order valence-corrected chi connectivity index (χ4v) is 5.79. The number of alkyl halides is 3. The first-order chi connectivity index (χ1) is 17.4. The van der Waals surface area contributed by atoms with Crippen molar-refractivity contribution in [2.45, 2.75) is 30.5 Å². The number of aliphatic carboxylic acids is 1. The lowest BCUT2D eigenvalue weighted by molar-refractivity contribution is -0.192. The summed E-state index contributed by atoms with van der Waals surface area (Å²) in [5.41, 5.74) is -0.353. The number of ether oxygens (including phenoxy) is 1. The van der Waals surface area contributed by atoms with E-state index in [2.05, 4.69) is 10.2 Å². The lowest BCUT2D eigenvalue weighted by atomic mass is 9.78. The molecule has 1 saturated heterocycles. The summed E-state index contributed by atoms with van der Waals surface area (Å²) in [6, 6.07) is 10.5. The first kappa shape index (κ1) is 28.5. The number of carbonyl (C=O) groups excluding carboxylic acids is 1. The van der Waals surface area contributed by atoms with Crippen LogP contribution in [0.25, 0.3) is 0 Å². The maximum absolute atomic E-state index is 13.4. The summed E-state index contributed by atoms with van der Waals surface area (Å²) in [5, 5.41) is 9.66. The fourth-order valence-electron chi connectivity index (χ4n) is 4.15. The Labute approximate surface area is 212 Å². The Morgan fingerprint density at radius 3 is 2.35 bits per heavy atom. The quantitative estimate of drug-likeness (QED) is 0.597. The molecule has 0 bridgehead atoms. The molecule has 0 unspecified atom stereocenters. The minimum absolute atomic E-state index is 0.110. The highest BCUT2D eigenvalue weighted by Gasteiger charge is 2.43. The highest BCUT2D eigenvalue weighted by Crippen LogP contribution is 2.39. The molecule has 4 rings (SSSR count). The molecule has 1 spiro atoms. The second-order valence-electron chi connectivity index (χ2n) is 8.84. The standard InChI is InChI=1S/C21H27N3O5S.C2HF3O2/c1-22-20(25)14-24-15-21(8-10-23(11-9-21)13-17-5-4-12-28-17)16-29-18-6-2-3-7-19(18)30(24,26)27;3-2(4,5)1(6)7/h2-7,12H,8-11,13-16H2,1H3,(H,22,25);(H,6,7). The number of benzene rings is 1. The number of furan rings is 1. The fraction of sp³-hybridized carbons (Fsp3) is 0.478. The van der Waals surface area contributed by atoms with Crippen molar-refractivity contribution < 1.29 is 45.4 Å². The monoisotopic (exact) mass is 547 g/mol. The largest absolute Gasteiger partial charge is 0.492 e. The van der Waals surface area contributed by atoms with E-state index in [1.165, 1.54) is 17.4 Å². The number of likely N-dealkylation sites (tertiary alicyclic amines) is 1. The minimum atomic E-state index is -5.08. The number of piperidine rings is 1. The first-order valence-corrected chi connectivity index (χ1v) is 12.8. The number of likely N-dealkylation sites (N-methyl/N-ethyl adjacent to an activating group) is 1. The summed E-state index contributed by atoms with van der Waals surface area (Å²) in [4.78, 5) is 23.4. The van der Waals surface area contributed by atoms with Crippen molar-refractivity contribution in [3.63, 3.8) is 0 Å². The average Bonchev–Trinajstić information content (AvgIpc) is 3.36. The van der Waals surface area contributed by atoms with Gasteiger partial charge in [-0.2, -0.15) is 17.5 Å². The number of nitrogens with one attached hydrogen (secondary N) is 1. The number of fused-ring (bicyclic) bond motifs is 1. The molecule has 10 nitrogen and oxygen atoms in total. The van der Waals surface area contributed by atoms with Gasteiger partial charge in [-0.25, -0.2) is 13.2 Å². The first-order valence-electron chi connectivity index (χ1n) is 11.3. The number of nitrogens with zero attached hydrogens (tertiary/aromatic N) is 2. The van der Waals surface area contributed by atoms with Crippen molar-refractivity contribution in [1.29, 1.82) is 0 Å². The molecule has 37 heavy (non-hydrogen) atoms. The Hall–Kier alpha value is -3.10. The Morgan fingerprint density at radius 1 is 1.14 bits per heavy atom. The molecule has 2 aliphatic rings. The zero-order valence-corrected chi connectivity index (χ0v) is 20.8. The van der Waals surface area contributed by atoms with E-state index in [0.29, 0.717) is 12.4 Å². The molecule has 3 heterocycles. The van der Waals surface area contributed by atoms with Crippen LogP contribution in [0.15, 0.2) is 52.0 Å². The van der Waals surface area contributed by atoms with Gasteiger partial charge in [-0.1, -0.05) is 12.1 Å². The summed E-state index contributed by atoms with van der Waals surface area (Å²) < 4.78 is 71.3. The Balaban J connectivity index is 0.000000479. The summed E-state index contributed by atoms with van der Waals surface area (Å²) in [6.45, 7) is 2.81. The lowest BCUT2D eigenvalue weighted by Gasteiger charge is -2.44. The molecule has 1 amide bonds. The molecule has 0 saturated carbocycles. The van der Waals surface area contributed by atoms with Crippen molar-refractivity contribution >= 4 is 21.9 Å².